The van der Waals surface area contributed by atoms with Crippen LogP contribution in [0.25, 0.3) is 5.65 Å². The molecule has 4 heterocycles. The Balaban J connectivity index is 0.000000364. The summed E-state index contributed by atoms with van der Waals surface area (Å²) in [5.41, 5.74) is 1.36. The van der Waals surface area contributed by atoms with Gasteiger partial charge in [0.25, 0.3) is 5.91 Å². The Labute approximate surface area is 197 Å². The predicted molar refractivity (Wildman–Crippen MR) is 117 cm³/mol. The Bertz CT molecular complexity index is 1200. The Morgan fingerprint density at radius 2 is 1.80 bits per heavy atom. The van der Waals surface area contributed by atoms with Gasteiger partial charge in [0.1, 0.15) is 0 Å². The van der Waals surface area contributed by atoms with Crippen LogP contribution in [0.5, 0.6) is 0 Å². The van der Waals surface area contributed by atoms with Gasteiger partial charge < -0.3 is 15.3 Å². The summed E-state index contributed by atoms with van der Waals surface area (Å²) in [6, 6.07) is 5.82. The number of alkyl halides is 3. The highest BCUT2D eigenvalue weighted by atomic mass is 19.4. The minimum atomic E-state index is -5.08. The van der Waals surface area contributed by atoms with E-state index in [-0.39, 0.29) is 11.9 Å². The number of aromatic nitrogens is 5. The van der Waals surface area contributed by atoms with Crippen molar-refractivity contribution in [1.29, 1.82) is 0 Å². The third-order valence-corrected chi connectivity index (χ3v) is 5.63. The molecule has 1 amide bonds. The Morgan fingerprint density at radius 1 is 1.11 bits per heavy atom. The topological polar surface area (TPSA) is 129 Å². The van der Waals surface area contributed by atoms with Gasteiger partial charge in [-0.05, 0) is 38.1 Å². The number of aliphatic carboxylic acids is 1. The second-order valence-corrected chi connectivity index (χ2v) is 8.25. The quantitative estimate of drug-likeness (QED) is 0.557. The van der Waals surface area contributed by atoms with E-state index in [1.807, 2.05) is 22.7 Å². The van der Waals surface area contributed by atoms with E-state index in [0.29, 0.717) is 18.2 Å². The molecule has 3 aromatic heterocycles. The van der Waals surface area contributed by atoms with Crippen LogP contribution < -0.4 is 10.2 Å². The first-order chi connectivity index (χ1) is 16.6. The predicted octanol–water partition coefficient (Wildman–Crippen LogP) is 1.54. The standard InChI is InChI=1S/C19H22N8O.C2HF3O2/c1-25-9-10-26(19-20-7-2-8-21-19)12-15(25)17-24-23-16-6-3-13(11-27(16)17)18(28)22-14-4-5-14;3-2(4,5)1(6)7/h2-3,6-8,11,14-15H,4-5,9-10,12H2,1H3,(H,22,28);(H,6,7). The van der Waals surface area contributed by atoms with Crippen molar-refractivity contribution in [2.75, 3.05) is 31.6 Å². The second-order valence-electron chi connectivity index (χ2n) is 8.25. The van der Waals surface area contributed by atoms with Crippen molar-refractivity contribution in [3.8, 4) is 0 Å². The van der Waals surface area contributed by atoms with Gasteiger partial charge in [-0.2, -0.15) is 13.2 Å². The van der Waals surface area contributed by atoms with Crippen LogP contribution in [0, 0.1) is 0 Å². The number of hydrogen-bond donors (Lipinski definition) is 2. The van der Waals surface area contributed by atoms with Gasteiger partial charge in [-0.25, -0.2) is 14.8 Å². The SMILES string of the molecule is CN1CCN(c2ncccn2)CC1c1nnc2ccc(C(=O)NC3CC3)cn12.O=C(O)C(F)(F)F. The molecule has 1 atom stereocenters. The highest BCUT2D eigenvalue weighted by Crippen LogP contribution is 2.26. The van der Waals surface area contributed by atoms with Crippen molar-refractivity contribution in [3.63, 3.8) is 0 Å². The summed E-state index contributed by atoms with van der Waals surface area (Å²) < 4.78 is 33.7. The normalized spacial score (nSPS) is 18.6. The summed E-state index contributed by atoms with van der Waals surface area (Å²) in [4.78, 5) is 34.5. The number of nitrogens with one attached hydrogen (secondary N) is 1. The van der Waals surface area contributed by atoms with Crippen LogP contribution in [0.15, 0.2) is 36.8 Å². The molecule has 2 fully saturated rings. The average Bonchev–Trinajstić information content (AvgIpc) is 3.55. The average molecular weight is 492 g/mol. The van der Waals surface area contributed by atoms with Crippen molar-refractivity contribution in [3.05, 3.63) is 48.2 Å². The number of likely N-dealkylation sites (N-methyl/N-ethyl adjacent to an activating group) is 1. The van der Waals surface area contributed by atoms with Crippen LogP contribution in [0.4, 0.5) is 19.1 Å². The molecule has 1 unspecified atom stereocenters. The number of anilines is 1. The number of amides is 1. The molecule has 2 aliphatic rings. The van der Waals surface area contributed by atoms with Gasteiger partial charge in [-0.3, -0.25) is 14.1 Å². The maximum atomic E-state index is 12.4. The van der Waals surface area contributed by atoms with E-state index in [1.54, 1.807) is 18.5 Å². The van der Waals surface area contributed by atoms with E-state index in [9.17, 15) is 18.0 Å². The third-order valence-electron chi connectivity index (χ3n) is 5.63. The van der Waals surface area contributed by atoms with Gasteiger partial charge in [0.15, 0.2) is 11.5 Å². The highest BCUT2D eigenvalue weighted by Gasteiger charge is 2.38. The maximum absolute atomic E-state index is 12.4. The number of rotatable bonds is 4. The van der Waals surface area contributed by atoms with Gasteiger partial charge in [0.05, 0.1) is 11.6 Å². The van der Waals surface area contributed by atoms with E-state index in [0.717, 1.165) is 43.4 Å². The second kappa shape index (κ2) is 9.82. The van der Waals surface area contributed by atoms with E-state index in [4.69, 9.17) is 9.90 Å². The number of fused-ring (bicyclic) bond motifs is 1. The molecule has 0 bridgehead atoms. The Hall–Kier alpha value is -3.81. The largest absolute Gasteiger partial charge is 0.490 e. The van der Waals surface area contributed by atoms with Gasteiger partial charge in [-0.1, -0.05) is 0 Å². The number of carbonyl (C=O) groups excluding carboxylic acids is 1. The first-order valence-corrected chi connectivity index (χ1v) is 10.8. The number of halogens is 3. The van der Waals surface area contributed by atoms with Gasteiger partial charge in [-0.15, -0.1) is 10.2 Å². The number of carbonyl (C=O) groups is 2. The molecule has 0 spiro atoms. The number of carboxylic acids is 1. The summed E-state index contributed by atoms with van der Waals surface area (Å²) >= 11 is 0. The van der Waals surface area contributed by atoms with Crippen molar-refractivity contribution >= 4 is 23.5 Å². The number of hydrogen-bond acceptors (Lipinski definition) is 8. The third kappa shape index (κ3) is 5.82. The number of pyridine rings is 1. The highest BCUT2D eigenvalue weighted by molar-refractivity contribution is 5.94. The summed E-state index contributed by atoms with van der Waals surface area (Å²) in [5, 5.41) is 18.9. The summed E-state index contributed by atoms with van der Waals surface area (Å²) in [5.74, 6) is -1.26. The van der Waals surface area contributed by atoms with Crippen molar-refractivity contribution in [2.45, 2.75) is 31.1 Å². The first kappa shape index (κ1) is 24.3. The molecule has 0 aromatic carbocycles. The van der Waals surface area contributed by atoms with Crippen molar-refractivity contribution in [2.24, 2.45) is 0 Å². The number of piperazine rings is 1. The molecule has 2 N–H and O–H groups in total. The molecule has 5 rings (SSSR count). The monoisotopic (exact) mass is 492 g/mol. The fourth-order valence-corrected chi connectivity index (χ4v) is 3.56. The first-order valence-electron chi connectivity index (χ1n) is 10.8. The lowest BCUT2D eigenvalue weighted by molar-refractivity contribution is -0.192. The zero-order chi connectivity index (χ0) is 25.2. The molecule has 35 heavy (non-hydrogen) atoms. The fourth-order valence-electron chi connectivity index (χ4n) is 3.56. The molecule has 1 aliphatic carbocycles. The molecule has 0 radical (unpaired) electrons. The Morgan fingerprint density at radius 3 is 2.43 bits per heavy atom. The number of carboxylic acid groups (broad SMARTS) is 1. The lowest BCUT2D eigenvalue weighted by Gasteiger charge is -2.38. The molecule has 1 aliphatic heterocycles. The van der Waals surface area contributed by atoms with Gasteiger partial charge >= 0.3 is 12.1 Å². The Kier molecular flexibility index (Phi) is 6.82. The molecule has 1 saturated carbocycles. The van der Waals surface area contributed by atoms with Crippen molar-refractivity contribution < 1.29 is 27.9 Å². The van der Waals surface area contributed by atoms with Gasteiger partial charge in [0, 0.05) is 44.3 Å². The van der Waals surface area contributed by atoms with Crippen LogP contribution >= 0.6 is 0 Å². The zero-order valence-corrected chi connectivity index (χ0v) is 18.7. The molecule has 11 nitrogen and oxygen atoms in total. The minimum Gasteiger partial charge on any atom is -0.475 e. The molecule has 1 saturated heterocycles. The minimum absolute atomic E-state index is 0.0225. The molecular formula is C21H23F3N8O3. The molecular weight excluding hydrogens is 469 g/mol. The summed E-state index contributed by atoms with van der Waals surface area (Å²) in [6.45, 7) is 2.42. The smallest absolute Gasteiger partial charge is 0.475 e. The lowest BCUT2D eigenvalue weighted by atomic mass is 10.1. The zero-order valence-electron chi connectivity index (χ0n) is 18.7. The number of nitrogens with zero attached hydrogens (tertiary/aromatic N) is 7. The van der Waals surface area contributed by atoms with E-state index < -0.39 is 12.1 Å². The van der Waals surface area contributed by atoms with Gasteiger partial charge in [0.2, 0.25) is 5.95 Å². The van der Waals surface area contributed by atoms with E-state index in [1.165, 1.54) is 0 Å². The van der Waals surface area contributed by atoms with Crippen LogP contribution in [-0.2, 0) is 4.79 Å². The fraction of sp³-hybridized carbons (Fsp3) is 0.429. The van der Waals surface area contributed by atoms with Crippen LogP contribution in [0.1, 0.15) is 35.1 Å². The van der Waals surface area contributed by atoms with Crippen molar-refractivity contribution in [1.82, 2.24) is 34.8 Å². The van der Waals surface area contributed by atoms with Crippen LogP contribution in [0.2, 0.25) is 0 Å². The summed E-state index contributed by atoms with van der Waals surface area (Å²) in [7, 11) is 2.08. The molecule has 14 heteroatoms. The lowest BCUT2D eigenvalue weighted by Crippen LogP contribution is -2.47. The molecule has 186 valence electrons. The van der Waals surface area contributed by atoms with Crippen LogP contribution in [0.3, 0.4) is 0 Å². The molecule has 3 aromatic rings. The van der Waals surface area contributed by atoms with Crippen LogP contribution in [-0.4, -0.2) is 85.3 Å². The maximum Gasteiger partial charge on any atom is 0.490 e. The van der Waals surface area contributed by atoms with E-state index in [2.05, 4.69) is 42.3 Å². The van der Waals surface area contributed by atoms with E-state index >= 15 is 0 Å². The summed E-state index contributed by atoms with van der Waals surface area (Å²) in [6.07, 6.45) is 2.40.